The van der Waals surface area contributed by atoms with Gasteiger partial charge in [0.05, 0.1) is 0 Å². The van der Waals surface area contributed by atoms with Gasteiger partial charge in [0.25, 0.3) is 0 Å². The van der Waals surface area contributed by atoms with Crippen molar-refractivity contribution in [1.82, 2.24) is 0 Å². The van der Waals surface area contributed by atoms with Crippen LogP contribution in [0, 0.1) is 5.92 Å². The van der Waals surface area contributed by atoms with E-state index in [-0.39, 0.29) is 76.7 Å². The summed E-state index contributed by atoms with van der Waals surface area (Å²) in [5.41, 5.74) is 0. The van der Waals surface area contributed by atoms with Crippen molar-refractivity contribution in [2.45, 2.75) is 26.2 Å². The number of unbranched alkanes of at least 4 members (excludes halogenated alkanes) is 1. The zero-order chi connectivity index (χ0) is 8.85. The molecule has 0 bridgehead atoms. The van der Waals surface area contributed by atoms with E-state index in [1.54, 1.807) is 0 Å². The van der Waals surface area contributed by atoms with Crippen LogP contribution >= 0.6 is 0 Å². The van der Waals surface area contributed by atoms with Crippen molar-refractivity contribution in [3.63, 3.8) is 0 Å². The van der Waals surface area contributed by atoms with Gasteiger partial charge in [0, 0.05) is 0 Å². The van der Waals surface area contributed by atoms with E-state index in [4.69, 9.17) is 10.2 Å². The van der Waals surface area contributed by atoms with Crippen molar-refractivity contribution in [2.75, 3.05) is 0 Å². The molecule has 0 fully saturated rings. The monoisotopic (exact) mass is 208 g/mol. The van der Waals surface area contributed by atoms with E-state index in [0.29, 0.717) is 6.42 Å². The summed E-state index contributed by atoms with van der Waals surface area (Å²) in [7, 11) is 0. The van der Waals surface area contributed by atoms with Crippen LogP contribution in [-0.4, -0.2) is 92.4 Å². The first kappa shape index (κ1) is 19.7. The van der Waals surface area contributed by atoms with Crippen LogP contribution in [0.1, 0.15) is 26.2 Å². The molecule has 0 atom stereocenters. The fraction of sp³-hybridized carbons (Fsp3) is 0.714. The molecule has 0 amide bonds. The van der Waals surface area contributed by atoms with E-state index in [9.17, 15) is 9.59 Å². The number of carboxylic acids is 2. The van der Waals surface area contributed by atoms with Crippen molar-refractivity contribution in [3.05, 3.63) is 0 Å². The predicted molar refractivity (Wildman–Crippen MR) is 52.6 cm³/mol. The minimum atomic E-state index is -1.24. The fourth-order valence-electron chi connectivity index (χ4n) is 0.761. The Kier molecular flexibility index (Phi) is 17.0. The van der Waals surface area contributed by atoms with Gasteiger partial charge in [-0.15, -0.1) is 0 Å². The first-order valence-electron chi connectivity index (χ1n) is 3.55. The van der Waals surface area contributed by atoms with Gasteiger partial charge in [-0.25, -0.2) is 0 Å². The van der Waals surface area contributed by atoms with Gasteiger partial charge in [0.1, 0.15) is 0 Å². The molecule has 2 N–H and O–H groups in total. The summed E-state index contributed by atoms with van der Waals surface area (Å²) >= 11 is 0. The van der Waals surface area contributed by atoms with Crippen LogP contribution in [0.5, 0.6) is 0 Å². The second-order valence-electron chi connectivity index (χ2n) is 2.37. The Labute approximate surface area is 132 Å². The maximum absolute atomic E-state index is 10.3. The molecule has 0 spiro atoms. The summed E-state index contributed by atoms with van der Waals surface area (Å²) < 4.78 is 0. The molecule has 0 aromatic heterocycles. The van der Waals surface area contributed by atoms with Crippen LogP contribution in [0.4, 0.5) is 0 Å². The molecule has 0 aromatic carbocycles. The number of aliphatic carboxylic acids is 2. The Morgan fingerprint density at radius 1 is 1.23 bits per heavy atom. The number of rotatable bonds is 5. The fourth-order valence-corrected chi connectivity index (χ4v) is 0.761. The minimum absolute atomic E-state index is 0. The number of hydrogen-bond donors (Lipinski definition) is 2. The quantitative estimate of drug-likeness (QED) is 0.479. The zero-order valence-electron chi connectivity index (χ0n) is 6.41. The molecule has 0 aliphatic carbocycles. The second kappa shape index (κ2) is 11.2. The molecule has 68 valence electrons. The second-order valence-corrected chi connectivity index (χ2v) is 2.37. The number of carbonyl (C=O) groups is 2. The first-order chi connectivity index (χ1) is 5.09. The van der Waals surface area contributed by atoms with Gasteiger partial charge in [-0.05, 0) is 6.42 Å². The molecule has 0 aromatic rings. The molecular weight excluding hydrogens is 194 g/mol. The van der Waals surface area contributed by atoms with E-state index < -0.39 is 17.9 Å². The molecule has 6 heteroatoms. The third kappa shape index (κ3) is 9.48. The summed E-state index contributed by atoms with van der Waals surface area (Å²) in [6.07, 6.45) is 1.68. The zero-order valence-corrected chi connectivity index (χ0v) is 6.41. The Hall–Kier alpha value is 1.17. The van der Waals surface area contributed by atoms with Crippen molar-refractivity contribution >= 4 is 82.2 Å². The van der Waals surface area contributed by atoms with Gasteiger partial charge in [-0.1, -0.05) is 19.8 Å². The number of carboxylic acid groups (broad SMARTS) is 2. The van der Waals surface area contributed by atoms with Gasteiger partial charge in [-0.3, -0.25) is 9.59 Å². The summed E-state index contributed by atoms with van der Waals surface area (Å²) in [5, 5.41) is 16.8. The molecule has 13 heavy (non-hydrogen) atoms. The van der Waals surface area contributed by atoms with Crippen LogP contribution in [-0.2, 0) is 9.59 Å². The molecule has 4 nitrogen and oxygen atoms in total. The maximum atomic E-state index is 10.3. The van der Waals surface area contributed by atoms with E-state index in [1.165, 1.54) is 0 Å². The Morgan fingerprint density at radius 3 is 1.85 bits per heavy atom. The Bertz CT molecular complexity index is 149. The van der Waals surface area contributed by atoms with Crippen LogP contribution in [0.3, 0.4) is 0 Å². The Balaban J connectivity index is -0.000000500. The predicted octanol–water partition coefficient (Wildman–Crippen LogP) is -0.335. The topological polar surface area (TPSA) is 74.6 Å². The molecule has 0 saturated heterocycles. The Morgan fingerprint density at radius 2 is 1.62 bits per heavy atom. The van der Waals surface area contributed by atoms with E-state index in [1.807, 2.05) is 6.92 Å². The third-order valence-electron chi connectivity index (χ3n) is 1.44. The molecule has 0 rings (SSSR count). The van der Waals surface area contributed by atoms with Crippen molar-refractivity contribution < 1.29 is 19.8 Å². The van der Waals surface area contributed by atoms with Crippen molar-refractivity contribution in [3.8, 4) is 0 Å². The van der Waals surface area contributed by atoms with Crippen LogP contribution in [0.2, 0.25) is 0 Å². The number of hydrogen-bond acceptors (Lipinski definition) is 2. The average molecular weight is 208 g/mol. The SMILES string of the molecule is CCCCC(C(=O)O)C(=O)O.[KH].[LiH]. The molecule has 0 radical (unpaired) electrons. The van der Waals surface area contributed by atoms with Crippen molar-refractivity contribution in [1.29, 1.82) is 0 Å². The summed E-state index contributed by atoms with van der Waals surface area (Å²) in [6.45, 7) is 1.89. The van der Waals surface area contributed by atoms with E-state index in [2.05, 4.69) is 0 Å². The van der Waals surface area contributed by atoms with Crippen LogP contribution in [0.15, 0.2) is 0 Å². The van der Waals surface area contributed by atoms with Gasteiger partial charge >= 0.3 is 82.2 Å². The van der Waals surface area contributed by atoms with Crippen molar-refractivity contribution in [2.24, 2.45) is 5.92 Å². The molecule has 0 aliphatic rings. The first-order valence-corrected chi connectivity index (χ1v) is 3.55. The summed E-state index contributed by atoms with van der Waals surface area (Å²) in [6, 6.07) is 0. The summed E-state index contributed by atoms with van der Waals surface area (Å²) in [5.74, 6) is -3.72. The molecule has 0 aliphatic heterocycles. The van der Waals surface area contributed by atoms with Crippen LogP contribution in [0.25, 0.3) is 0 Å². The third-order valence-corrected chi connectivity index (χ3v) is 1.44. The molecule has 0 saturated carbocycles. The van der Waals surface area contributed by atoms with Gasteiger partial charge < -0.3 is 10.2 Å². The van der Waals surface area contributed by atoms with Gasteiger partial charge in [0.2, 0.25) is 0 Å². The molecule has 0 unspecified atom stereocenters. The van der Waals surface area contributed by atoms with E-state index >= 15 is 0 Å². The molecule has 0 heterocycles. The standard InChI is InChI=1S/C7H12O4.K.Li.2H/c1-2-3-4-5(6(8)9)7(10)11;;;;/h5H,2-4H2,1H3,(H,8,9)(H,10,11);;;;. The van der Waals surface area contributed by atoms with Crippen LogP contribution < -0.4 is 0 Å². The van der Waals surface area contributed by atoms with Gasteiger partial charge in [0.15, 0.2) is 5.92 Å². The average Bonchev–Trinajstić information content (AvgIpc) is 1.87. The van der Waals surface area contributed by atoms with E-state index in [0.717, 1.165) is 6.42 Å². The molecular formula is C7H14KLiO4. The van der Waals surface area contributed by atoms with Gasteiger partial charge in [-0.2, -0.15) is 0 Å². The summed E-state index contributed by atoms with van der Waals surface area (Å²) in [4.78, 5) is 20.5. The normalized spacial score (nSPS) is 8.46.